The number of carboxylic acids is 1. The van der Waals surface area contributed by atoms with Crippen molar-refractivity contribution in [1.29, 1.82) is 0 Å². The van der Waals surface area contributed by atoms with Crippen molar-refractivity contribution in [3.63, 3.8) is 0 Å². The molecular weight excluding hydrogens is 256 g/mol. The summed E-state index contributed by atoms with van der Waals surface area (Å²) >= 11 is 0. The number of carbonyl (C=O) groups is 2. The lowest BCUT2D eigenvalue weighted by atomic mass is 10.0. The summed E-state index contributed by atoms with van der Waals surface area (Å²) in [5, 5.41) is 15.0. The van der Waals surface area contributed by atoms with Gasteiger partial charge in [-0.05, 0) is 43.5 Å². The highest BCUT2D eigenvalue weighted by Crippen LogP contribution is 2.08. The van der Waals surface area contributed by atoms with E-state index in [1.54, 1.807) is 18.2 Å². The van der Waals surface area contributed by atoms with Crippen LogP contribution in [0.4, 0.5) is 0 Å². The Bertz CT molecular complexity index is 482. The molecule has 1 aliphatic rings. The summed E-state index contributed by atoms with van der Waals surface area (Å²) in [6.07, 6.45) is 3.75. The third kappa shape index (κ3) is 4.06. The lowest BCUT2D eigenvalue weighted by molar-refractivity contribution is -0.123. The van der Waals surface area contributed by atoms with Crippen molar-refractivity contribution in [1.82, 2.24) is 10.6 Å². The standard InChI is InChI=1S/C15H20N2O3/c18-14(13-6-1-2-8-16-13)17-9-7-11-4-3-5-12(10-11)15(19)20/h3-5,10,13,16H,1-2,6-9H2,(H,17,18)(H,19,20)/t13-/m0/s1. The predicted molar refractivity (Wildman–Crippen MR) is 75.8 cm³/mol. The van der Waals surface area contributed by atoms with Gasteiger partial charge in [0.2, 0.25) is 5.91 Å². The third-order valence-corrected chi connectivity index (χ3v) is 3.51. The third-order valence-electron chi connectivity index (χ3n) is 3.51. The summed E-state index contributed by atoms with van der Waals surface area (Å²) in [7, 11) is 0. The van der Waals surface area contributed by atoms with Gasteiger partial charge in [0, 0.05) is 6.54 Å². The molecule has 3 N–H and O–H groups in total. The van der Waals surface area contributed by atoms with Gasteiger partial charge in [0.1, 0.15) is 0 Å². The molecule has 0 bridgehead atoms. The van der Waals surface area contributed by atoms with E-state index in [9.17, 15) is 9.59 Å². The van der Waals surface area contributed by atoms with E-state index in [0.29, 0.717) is 13.0 Å². The van der Waals surface area contributed by atoms with Crippen LogP contribution in [0.15, 0.2) is 24.3 Å². The van der Waals surface area contributed by atoms with Crippen LogP contribution >= 0.6 is 0 Å². The van der Waals surface area contributed by atoms with Crippen LogP contribution in [0.5, 0.6) is 0 Å². The number of aromatic carboxylic acids is 1. The highest BCUT2D eigenvalue weighted by atomic mass is 16.4. The van der Waals surface area contributed by atoms with Gasteiger partial charge >= 0.3 is 5.97 Å². The lowest BCUT2D eigenvalue weighted by Gasteiger charge is -2.22. The number of carbonyl (C=O) groups excluding carboxylic acids is 1. The van der Waals surface area contributed by atoms with E-state index in [4.69, 9.17) is 5.11 Å². The van der Waals surface area contributed by atoms with Gasteiger partial charge in [0.05, 0.1) is 11.6 Å². The average molecular weight is 276 g/mol. The Balaban J connectivity index is 1.79. The van der Waals surface area contributed by atoms with E-state index in [1.807, 2.05) is 6.07 Å². The molecule has 1 fully saturated rings. The summed E-state index contributed by atoms with van der Waals surface area (Å²) in [4.78, 5) is 22.8. The molecule has 5 heteroatoms. The molecule has 1 heterocycles. The van der Waals surface area contributed by atoms with E-state index >= 15 is 0 Å². The second kappa shape index (κ2) is 7.05. The molecule has 1 amide bonds. The minimum absolute atomic E-state index is 0.0408. The van der Waals surface area contributed by atoms with Gasteiger partial charge in [-0.25, -0.2) is 4.79 Å². The van der Waals surface area contributed by atoms with Gasteiger partial charge in [0.15, 0.2) is 0 Å². The first-order chi connectivity index (χ1) is 9.66. The second-order valence-corrected chi connectivity index (χ2v) is 5.05. The number of benzene rings is 1. The Hall–Kier alpha value is -1.88. The normalized spacial score (nSPS) is 18.5. The Morgan fingerprint density at radius 2 is 2.20 bits per heavy atom. The first-order valence-corrected chi connectivity index (χ1v) is 7.00. The zero-order chi connectivity index (χ0) is 14.4. The summed E-state index contributed by atoms with van der Waals surface area (Å²) < 4.78 is 0. The van der Waals surface area contributed by atoms with E-state index in [-0.39, 0.29) is 17.5 Å². The van der Waals surface area contributed by atoms with Crippen molar-refractivity contribution in [3.05, 3.63) is 35.4 Å². The smallest absolute Gasteiger partial charge is 0.335 e. The summed E-state index contributed by atoms with van der Waals surface area (Å²) in [5.41, 5.74) is 1.20. The Labute approximate surface area is 118 Å². The van der Waals surface area contributed by atoms with Gasteiger partial charge in [-0.3, -0.25) is 4.79 Å². The van der Waals surface area contributed by atoms with Crippen LogP contribution in [-0.2, 0) is 11.2 Å². The largest absolute Gasteiger partial charge is 0.478 e. The molecule has 1 saturated heterocycles. The molecule has 1 aromatic carbocycles. The predicted octanol–water partition coefficient (Wildman–Crippen LogP) is 1.19. The molecule has 0 unspecified atom stereocenters. The molecule has 108 valence electrons. The van der Waals surface area contributed by atoms with E-state index < -0.39 is 5.97 Å². The number of nitrogens with one attached hydrogen (secondary N) is 2. The van der Waals surface area contributed by atoms with Gasteiger partial charge in [-0.1, -0.05) is 18.6 Å². The quantitative estimate of drug-likeness (QED) is 0.754. The Morgan fingerprint density at radius 3 is 2.90 bits per heavy atom. The van der Waals surface area contributed by atoms with E-state index in [0.717, 1.165) is 31.4 Å². The van der Waals surface area contributed by atoms with Crippen LogP contribution < -0.4 is 10.6 Å². The molecule has 0 spiro atoms. The van der Waals surface area contributed by atoms with E-state index in [1.165, 1.54) is 0 Å². The van der Waals surface area contributed by atoms with Crippen molar-refractivity contribution >= 4 is 11.9 Å². The van der Waals surface area contributed by atoms with Gasteiger partial charge in [-0.15, -0.1) is 0 Å². The van der Waals surface area contributed by atoms with Crippen LogP contribution in [0.1, 0.15) is 35.2 Å². The molecule has 0 saturated carbocycles. The number of hydrogen-bond acceptors (Lipinski definition) is 3. The highest BCUT2D eigenvalue weighted by Gasteiger charge is 2.19. The molecule has 2 rings (SSSR count). The summed E-state index contributed by atoms with van der Waals surface area (Å²) in [5.74, 6) is -0.888. The monoisotopic (exact) mass is 276 g/mol. The topological polar surface area (TPSA) is 78.4 Å². The average Bonchev–Trinajstić information content (AvgIpc) is 2.48. The maximum Gasteiger partial charge on any atom is 0.335 e. The second-order valence-electron chi connectivity index (χ2n) is 5.05. The van der Waals surface area contributed by atoms with E-state index in [2.05, 4.69) is 10.6 Å². The number of rotatable bonds is 5. The minimum Gasteiger partial charge on any atom is -0.478 e. The van der Waals surface area contributed by atoms with Crippen molar-refractivity contribution in [2.24, 2.45) is 0 Å². The van der Waals surface area contributed by atoms with Gasteiger partial charge < -0.3 is 15.7 Å². The maximum absolute atomic E-state index is 11.9. The van der Waals surface area contributed by atoms with Crippen LogP contribution in [0.2, 0.25) is 0 Å². The molecule has 20 heavy (non-hydrogen) atoms. The van der Waals surface area contributed by atoms with Crippen LogP contribution in [0.3, 0.4) is 0 Å². The fourth-order valence-electron chi connectivity index (χ4n) is 2.39. The van der Waals surface area contributed by atoms with Crippen molar-refractivity contribution in [3.8, 4) is 0 Å². The fourth-order valence-corrected chi connectivity index (χ4v) is 2.39. The molecule has 1 aromatic rings. The summed E-state index contributed by atoms with van der Waals surface area (Å²) in [6, 6.07) is 6.74. The van der Waals surface area contributed by atoms with Gasteiger partial charge in [-0.2, -0.15) is 0 Å². The Kier molecular flexibility index (Phi) is 5.12. The number of hydrogen-bond donors (Lipinski definition) is 3. The minimum atomic E-state index is -0.928. The zero-order valence-corrected chi connectivity index (χ0v) is 11.4. The first kappa shape index (κ1) is 14.5. The van der Waals surface area contributed by atoms with Crippen LogP contribution in [0.25, 0.3) is 0 Å². The lowest BCUT2D eigenvalue weighted by Crippen LogP contribution is -2.47. The van der Waals surface area contributed by atoms with Crippen molar-refractivity contribution < 1.29 is 14.7 Å². The molecule has 0 radical (unpaired) electrons. The fraction of sp³-hybridized carbons (Fsp3) is 0.467. The number of carboxylic acid groups (broad SMARTS) is 1. The zero-order valence-electron chi connectivity index (χ0n) is 11.4. The molecule has 0 aromatic heterocycles. The summed E-state index contributed by atoms with van der Waals surface area (Å²) in [6.45, 7) is 1.43. The highest BCUT2D eigenvalue weighted by molar-refractivity contribution is 5.87. The first-order valence-electron chi connectivity index (χ1n) is 7.00. The molecule has 0 aliphatic carbocycles. The number of amides is 1. The van der Waals surface area contributed by atoms with Crippen molar-refractivity contribution in [2.45, 2.75) is 31.7 Å². The van der Waals surface area contributed by atoms with Crippen molar-refractivity contribution in [2.75, 3.05) is 13.1 Å². The molecule has 1 aliphatic heterocycles. The SMILES string of the molecule is O=C(O)c1cccc(CCNC(=O)[C@@H]2CCCCN2)c1. The number of piperidine rings is 1. The van der Waals surface area contributed by atoms with Gasteiger partial charge in [0.25, 0.3) is 0 Å². The maximum atomic E-state index is 11.9. The Morgan fingerprint density at radius 1 is 1.35 bits per heavy atom. The molecule has 1 atom stereocenters. The molecule has 5 nitrogen and oxygen atoms in total. The molecular formula is C15H20N2O3. The van der Waals surface area contributed by atoms with Crippen LogP contribution in [0, 0.1) is 0 Å². The van der Waals surface area contributed by atoms with Crippen LogP contribution in [-0.4, -0.2) is 36.1 Å².